The third kappa shape index (κ3) is 74.8. The van der Waals surface area contributed by atoms with E-state index in [0.717, 1.165) is 96.3 Å². The van der Waals surface area contributed by atoms with Crippen LogP contribution in [-0.4, -0.2) is 96.7 Å². The quantitative estimate of drug-likeness (QED) is 0.0169. The Morgan fingerprint density at radius 2 is 0.510 bits per heavy atom. The molecule has 0 aromatic rings. The molecule has 594 valence electrons. The Labute approximate surface area is 622 Å². The summed E-state index contributed by atoms with van der Waals surface area (Å²) in [5, 5.41) is 10.6. The van der Waals surface area contributed by atoms with E-state index < -0.39 is 97.5 Å². The maximum atomic E-state index is 13.1. The first-order valence-electron chi connectivity index (χ1n) is 41.2. The lowest BCUT2D eigenvalue weighted by molar-refractivity contribution is -0.161. The number of unbranched alkanes of at least 4 members (excludes halogenated alkanes) is 40. The van der Waals surface area contributed by atoms with Gasteiger partial charge in [0, 0.05) is 25.7 Å². The van der Waals surface area contributed by atoms with Gasteiger partial charge in [-0.05, 0) is 64.2 Å². The Morgan fingerprint density at radius 1 is 0.284 bits per heavy atom. The molecule has 0 aromatic carbocycles. The van der Waals surface area contributed by atoms with Crippen molar-refractivity contribution >= 4 is 39.5 Å². The van der Waals surface area contributed by atoms with Crippen molar-refractivity contribution in [2.75, 3.05) is 39.6 Å². The second-order valence-corrected chi connectivity index (χ2v) is 30.6. The summed E-state index contributed by atoms with van der Waals surface area (Å²) in [6.45, 7) is 4.77. The van der Waals surface area contributed by atoms with E-state index in [4.69, 9.17) is 37.0 Å². The zero-order chi connectivity index (χ0) is 74.6. The third-order valence-corrected chi connectivity index (χ3v) is 19.6. The number of hydrogen-bond donors (Lipinski definition) is 3. The van der Waals surface area contributed by atoms with E-state index in [0.29, 0.717) is 32.1 Å². The molecule has 0 rings (SSSR count). The molecule has 0 aliphatic rings. The highest BCUT2D eigenvalue weighted by atomic mass is 31.2. The highest BCUT2D eigenvalue weighted by Crippen LogP contribution is 2.45. The first kappa shape index (κ1) is 98.5. The summed E-state index contributed by atoms with van der Waals surface area (Å²) in [6, 6.07) is 0. The van der Waals surface area contributed by atoms with E-state index in [-0.39, 0.29) is 25.7 Å². The number of carbonyl (C=O) groups excluding carboxylic acids is 4. The van der Waals surface area contributed by atoms with Crippen molar-refractivity contribution in [2.45, 2.75) is 393 Å². The van der Waals surface area contributed by atoms with Crippen LogP contribution in [0.25, 0.3) is 0 Å². The normalized spacial score (nSPS) is 14.2. The number of aliphatic hydroxyl groups is 1. The predicted octanol–water partition coefficient (Wildman–Crippen LogP) is 24.0. The van der Waals surface area contributed by atoms with Crippen molar-refractivity contribution < 1.29 is 80.2 Å². The number of allylic oxidation sites excluding steroid dienone is 12. The van der Waals surface area contributed by atoms with Gasteiger partial charge in [-0.25, -0.2) is 9.13 Å². The average Bonchev–Trinajstić information content (AvgIpc) is 0.924. The predicted molar refractivity (Wildman–Crippen MR) is 418 cm³/mol. The molecule has 102 heavy (non-hydrogen) atoms. The number of hydrogen-bond acceptors (Lipinski definition) is 15. The van der Waals surface area contributed by atoms with Gasteiger partial charge in [0.25, 0.3) is 0 Å². The van der Waals surface area contributed by atoms with Crippen molar-refractivity contribution in [1.29, 1.82) is 0 Å². The molecule has 0 aliphatic heterocycles. The Balaban J connectivity index is 5.38. The molecule has 0 bridgehead atoms. The Bertz CT molecular complexity index is 2210. The van der Waals surface area contributed by atoms with Crippen molar-refractivity contribution in [3.63, 3.8) is 0 Å². The minimum Gasteiger partial charge on any atom is -0.462 e. The summed E-state index contributed by atoms with van der Waals surface area (Å²) in [6.07, 6.45) is 77.4. The molecule has 17 nitrogen and oxygen atoms in total. The zero-order valence-corrected chi connectivity index (χ0v) is 66.8. The lowest BCUT2D eigenvalue weighted by Gasteiger charge is -2.21. The minimum atomic E-state index is -4.99. The smallest absolute Gasteiger partial charge is 0.462 e. The average molecular weight is 1480 g/mol. The molecule has 2 unspecified atom stereocenters. The Morgan fingerprint density at radius 3 is 0.784 bits per heavy atom. The number of esters is 4. The number of ether oxygens (including phenoxy) is 4. The summed E-state index contributed by atoms with van der Waals surface area (Å²) >= 11 is 0. The third-order valence-electron chi connectivity index (χ3n) is 17.7. The van der Waals surface area contributed by atoms with Gasteiger partial charge < -0.3 is 33.8 Å². The molecule has 5 atom stereocenters. The lowest BCUT2D eigenvalue weighted by atomic mass is 10.0. The SMILES string of the molecule is CC/C=C\C/C=C\C/C=C\C/C=C\C/C=C\C/C=C\CCC(=O)O[C@H](COC(=O)CCCCCCCCCCCCCCC)COP(=O)(O)OC[C@H](O)COP(=O)(O)OC[C@@H](COC(=O)CCCCCCCCCCCCCCCCC)OC(=O)CCCCCCCCCCCCCCCCC. The molecule has 0 saturated carbocycles. The number of aliphatic hydroxyl groups excluding tert-OH is 1. The molecule has 19 heteroatoms. The maximum absolute atomic E-state index is 13.1. The number of phosphoric ester groups is 2. The molecular formula is C83H150O17P2. The summed E-state index contributed by atoms with van der Waals surface area (Å²) in [5.74, 6) is -2.23. The first-order valence-corrected chi connectivity index (χ1v) is 44.2. The standard InChI is InChI=1S/C83H150O17P2/c1-5-9-13-17-21-25-29-33-36-37-38-39-42-46-50-54-58-62-66-70-83(88)100-78(73-93-80(85)67-63-59-55-51-47-43-32-28-24-20-16-12-8-4)75-97-101(89,90)95-71-77(84)72-96-102(91,92)98-76-79(99-82(87)69-65-61-57-53-49-45-41-35-31-27-23-19-15-11-7-3)74-94-81(86)68-64-60-56-52-48-44-40-34-30-26-22-18-14-10-6-2/h9,13,21,25,33,36,38-39,46,50,58,62,77-79,84H,5-8,10-12,14-20,22-24,26-32,34-35,37,40-45,47-49,51-57,59-61,63-76H2,1-4H3,(H,89,90)(H,91,92)/b13-9-,25-21-,36-33-,39-38-,50-46-,62-58-/t77-,78+,79+/m0/s1. The molecule has 0 aromatic heterocycles. The van der Waals surface area contributed by atoms with E-state index in [1.54, 1.807) is 0 Å². The van der Waals surface area contributed by atoms with E-state index in [9.17, 15) is 43.2 Å². The molecule has 0 radical (unpaired) electrons. The number of carbonyl (C=O) groups is 4. The van der Waals surface area contributed by atoms with Gasteiger partial charge in [-0.3, -0.25) is 37.3 Å². The molecule has 0 aliphatic carbocycles. The van der Waals surface area contributed by atoms with Crippen LogP contribution in [-0.2, 0) is 65.4 Å². The molecule has 0 spiro atoms. The van der Waals surface area contributed by atoms with Crippen LogP contribution in [0.4, 0.5) is 0 Å². The van der Waals surface area contributed by atoms with Crippen LogP contribution in [0.1, 0.15) is 374 Å². The van der Waals surface area contributed by atoms with Gasteiger partial charge in [0.1, 0.15) is 19.3 Å². The van der Waals surface area contributed by atoms with Crippen LogP contribution < -0.4 is 0 Å². The van der Waals surface area contributed by atoms with Crippen molar-refractivity contribution in [2.24, 2.45) is 0 Å². The number of rotatable bonds is 78. The second-order valence-electron chi connectivity index (χ2n) is 27.7. The van der Waals surface area contributed by atoms with E-state index in [2.05, 4.69) is 82.4 Å². The fourth-order valence-electron chi connectivity index (χ4n) is 11.5. The van der Waals surface area contributed by atoms with Gasteiger partial charge in [-0.2, -0.15) is 0 Å². The van der Waals surface area contributed by atoms with Crippen LogP contribution >= 0.6 is 15.6 Å². The van der Waals surface area contributed by atoms with Crippen LogP contribution in [0.3, 0.4) is 0 Å². The lowest BCUT2D eigenvalue weighted by Crippen LogP contribution is -2.30. The topological polar surface area (TPSA) is 237 Å². The summed E-state index contributed by atoms with van der Waals surface area (Å²) in [4.78, 5) is 73.0. The van der Waals surface area contributed by atoms with Crippen molar-refractivity contribution in [3.8, 4) is 0 Å². The monoisotopic (exact) mass is 1480 g/mol. The first-order chi connectivity index (χ1) is 49.7. The fourth-order valence-corrected chi connectivity index (χ4v) is 13.1. The molecule has 0 amide bonds. The molecule has 0 fully saturated rings. The van der Waals surface area contributed by atoms with Crippen LogP contribution in [0.2, 0.25) is 0 Å². The van der Waals surface area contributed by atoms with Crippen molar-refractivity contribution in [3.05, 3.63) is 72.9 Å². The molecule has 0 heterocycles. The molecule has 3 N–H and O–H groups in total. The van der Waals surface area contributed by atoms with Gasteiger partial charge in [0.15, 0.2) is 12.2 Å². The maximum Gasteiger partial charge on any atom is 0.472 e. The minimum absolute atomic E-state index is 0.0259. The summed E-state index contributed by atoms with van der Waals surface area (Å²) < 4.78 is 68.6. The van der Waals surface area contributed by atoms with Gasteiger partial charge >= 0.3 is 39.5 Å². The summed E-state index contributed by atoms with van der Waals surface area (Å²) in [7, 11) is -9.96. The van der Waals surface area contributed by atoms with Gasteiger partial charge in [0.05, 0.1) is 26.4 Å². The van der Waals surface area contributed by atoms with Gasteiger partial charge in [-0.15, -0.1) is 0 Å². The molecular weight excluding hydrogens is 1330 g/mol. The van der Waals surface area contributed by atoms with Crippen LogP contribution in [0, 0.1) is 0 Å². The highest BCUT2D eigenvalue weighted by molar-refractivity contribution is 7.47. The Kier molecular flexibility index (Phi) is 73.1. The van der Waals surface area contributed by atoms with Crippen LogP contribution in [0.5, 0.6) is 0 Å². The van der Waals surface area contributed by atoms with E-state index in [1.165, 1.54) is 193 Å². The van der Waals surface area contributed by atoms with Crippen molar-refractivity contribution in [1.82, 2.24) is 0 Å². The second kappa shape index (κ2) is 75.7. The summed E-state index contributed by atoms with van der Waals surface area (Å²) in [5.41, 5.74) is 0. The van der Waals surface area contributed by atoms with Gasteiger partial charge in [-0.1, -0.05) is 357 Å². The molecule has 0 saturated heterocycles. The van der Waals surface area contributed by atoms with E-state index >= 15 is 0 Å². The van der Waals surface area contributed by atoms with E-state index in [1.807, 2.05) is 18.2 Å². The Hall–Kier alpha value is -3.50. The fraction of sp³-hybridized carbons (Fsp3) is 0.807. The number of phosphoric acid groups is 2. The van der Waals surface area contributed by atoms with Gasteiger partial charge in [0.2, 0.25) is 0 Å². The highest BCUT2D eigenvalue weighted by Gasteiger charge is 2.30. The largest absolute Gasteiger partial charge is 0.472 e. The van der Waals surface area contributed by atoms with Crippen LogP contribution in [0.15, 0.2) is 72.9 Å². The zero-order valence-electron chi connectivity index (χ0n) is 65.0.